The molecule has 0 fully saturated rings. The summed E-state index contributed by atoms with van der Waals surface area (Å²) in [5.74, 6) is -0.605. The van der Waals surface area contributed by atoms with Crippen LogP contribution in [-0.2, 0) is 19.1 Å². The molecule has 0 saturated heterocycles. The molecule has 0 aliphatic rings. The van der Waals surface area contributed by atoms with Crippen LogP contribution in [0.3, 0.4) is 0 Å². The summed E-state index contributed by atoms with van der Waals surface area (Å²) in [6, 6.07) is 0. The maximum Gasteiger partial charge on any atom is 0.305 e. The van der Waals surface area contributed by atoms with Gasteiger partial charge < -0.3 is 14.6 Å². The quantitative estimate of drug-likeness (QED) is 0.0456. The Kier molecular flexibility index (Phi) is 34.1. The van der Waals surface area contributed by atoms with Gasteiger partial charge in [-0.3, -0.25) is 9.59 Å². The first-order valence-electron chi connectivity index (χ1n) is 18.3. The molecule has 5 nitrogen and oxygen atoms in total. The largest absolute Gasteiger partial charge is 0.463 e. The summed E-state index contributed by atoms with van der Waals surface area (Å²) in [6.45, 7) is 4.13. The Labute approximate surface area is 277 Å². The van der Waals surface area contributed by atoms with Crippen molar-refractivity contribution < 1.29 is 24.2 Å². The smallest absolute Gasteiger partial charge is 0.305 e. The van der Waals surface area contributed by atoms with Crippen LogP contribution >= 0.6 is 0 Å². The van der Waals surface area contributed by atoms with E-state index < -0.39 is 6.10 Å². The second-order valence-corrected chi connectivity index (χ2v) is 12.0. The minimum absolute atomic E-state index is 0.131. The topological polar surface area (TPSA) is 72.8 Å². The van der Waals surface area contributed by atoms with Crippen LogP contribution in [0.4, 0.5) is 0 Å². The molecule has 0 aromatic rings. The van der Waals surface area contributed by atoms with Crippen molar-refractivity contribution >= 4 is 11.9 Å². The van der Waals surface area contributed by atoms with Gasteiger partial charge in [0.1, 0.15) is 19.3 Å². The lowest BCUT2D eigenvalue weighted by atomic mass is 10.1. The number of ether oxygens (including phenoxy) is 2. The van der Waals surface area contributed by atoms with Gasteiger partial charge in [0.2, 0.25) is 0 Å². The van der Waals surface area contributed by atoms with Crippen LogP contribution in [0.25, 0.3) is 0 Å². The van der Waals surface area contributed by atoms with Crippen molar-refractivity contribution in [3.63, 3.8) is 0 Å². The van der Waals surface area contributed by atoms with E-state index in [1.54, 1.807) is 0 Å². The lowest BCUT2D eigenvalue weighted by molar-refractivity contribution is -0.152. The predicted octanol–water partition coefficient (Wildman–Crippen LogP) is 11.2. The molecule has 1 atom stereocenters. The van der Waals surface area contributed by atoms with E-state index in [9.17, 15) is 14.7 Å². The average Bonchev–Trinajstić information content (AvgIpc) is 3.04. The Morgan fingerprint density at radius 2 is 0.844 bits per heavy atom. The number of aliphatic hydroxyl groups is 1. The van der Waals surface area contributed by atoms with Gasteiger partial charge in [-0.25, -0.2) is 0 Å². The van der Waals surface area contributed by atoms with Gasteiger partial charge in [-0.15, -0.1) is 0 Å². The van der Waals surface area contributed by atoms with Gasteiger partial charge in [0, 0.05) is 12.8 Å². The molecule has 0 aromatic carbocycles. The molecular weight excluding hydrogens is 560 g/mol. The van der Waals surface area contributed by atoms with Crippen molar-refractivity contribution in [2.24, 2.45) is 0 Å². The molecule has 0 bridgehead atoms. The first kappa shape index (κ1) is 42.6. The number of hydrogen-bond acceptors (Lipinski definition) is 5. The lowest BCUT2D eigenvalue weighted by Gasteiger charge is -2.12. The van der Waals surface area contributed by atoms with Crippen molar-refractivity contribution in [2.45, 2.75) is 168 Å². The fourth-order valence-corrected chi connectivity index (χ4v) is 4.72. The highest BCUT2D eigenvalue weighted by molar-refractivity contribution is 5.69. The lowest BCUT2D eigenvalue weighted by Crippen LogP contribution is -2.25. The van der Waals surface area contributed by atoms with Crippen LogP contribution in [0.1, 0.15) is 162 Å². The van der Waals surface area contributed by atoms with Gasteiger partial charge in [-0.05, 0) is 77.0 Å². The molecule has 0 aliphatic heterocycles. The molecular formula is C40H68O5. The fourth-order valence-electron chi connectivity index (χ4n) is 4.72. The highest BCUT2D eigenvalue weighted by Crippen LogP contribution is 2.10. The van der Waals surface area contributed by atoms with Crippen LogP contribution in [0.2, 0.25) is 0 Å². The summed E-state index contributed by atoms with van der Waals surface area (Å²) < 4.78 is 10.3. The third kappa shape index (κ3) is 35.9. The second-order valence-electron chi connectivity index (χ2n) is 12.0. The molecule has 258 valence electrons. The molecule has 5 heteroatoms. The summed E-state index contributed by atoms with van der Waals surface area (Å²) in [7, 11) is 0. The molecule has 45 heavy (non-hydrogen) atoms. The van der Waals surface area contributed by atoms with E-state index in [1.165, 1.54) is 51.4 Å². The van der Waals surface area contributed by atoms with E-state index in [-0.39, 0.29) is 25.2 Å². The maximum atomic E-state index is 11.9. The number of hydrogen-bond donors (Lipinski definition) is 1. The van der Waals surface area contributed by atoms with Crippen molar-refractivity contribution in [3.8, 4) is 0 Å². The standard InChI is InChI=1S/C40H68O5/c1-3-5-7-9-11-13-15-17-19-21-23-25-27-29-31-33-35-40(43)45-37-38(41)36-44-39(42)34-32-30-28-26-24-22-20-18-16-14-12-10-8-6-4-2/h6,8,12-15,18-21,38,41H,3-5,7,9-11,16-17,22-37H2,1-2H3/b8-6-,14-12-,15-13-,20-18-,21-19-/t38-/m0/s1. The van der Waals surface area contributed by atoms with E-state index in [4.69, 9.17) is 9.47 Å². The molecule has 0 spiro atoms. The fraction of sp³-hybridized carbons (Fsp3) is 0.700. The van der Waals surface area contributed by atoms with E-state index in [1.807, 2.05) is 0 Å². The Morgan fingerprint density at radius 3 is 1.27 bits per heavy atom. The average molecular weight is 629 g/mol. The number of carbonyl (C=O) groups is 2. The van der Waals surface area contributed by atoms with Crippen molar-refractivity contribution in [2.75, 3.05) is 13.2 Å². The first-order valence-corrected chi connectivity index (χ1v) is 18.3. The van der Waals surface area contributed by atoms with Crippen molar-refractivity contribution in [1.82, 2.24) is 0 Å². The third-order valence-corrected chi connectivity index (χ3v) is 7.49. The highest BCUT2D eigenvalue weighted by atomic mass is 16.6. The number of esters is 2. The SMILES string of the molecule is CC/C=C\C/C=C\C/C=C\CCCCCCCC(=O)OC[C@H](O)COC(=O)CCCCCCC/C=C\C/C=C\CCCCCC. The van der Waals surface area contributed by atoms with Crippen LogP contribution < -0.4 is 0 Å². The van der Waals surface area contributed by atoms with Gasteiger partial charge in [0.15, 0.2) is 0 Å². The number of carbonyl (C=O) groups excluding carboxylic acids is 2. The Bertz CT molecular complexity index is 808. The summed E-state index contributed by atoms with van der Waals surface area (Å²) in [4.78, 5) is 23.9. The number of rotatable bonds is 32. The molecule has 0 radical (unpaired) electrons. The van der Waals surface area contributed by atoms with E-state index >= 15 is 0 Å². The molecule has 0 rings (SSSR count). The zero-order valence-corrected chi connectivity index (χ0v) is 29.1. The Hall–Kier alpha value is -2.40. The van der Waals surface area contributed by atoms with Gasteiger partial charge >= 0.3 is 11.9 Å². The number of allylic oxidation sites excluding steroid dienone is 10. The van der Waals surface area contributed by atoms with Gasteiger partial charge in [-0.2, -0.15) is 0 Å². The van der Waals surface area contributed by atoms with E-state index in [0.717, 1.165) is 83.5 Å². The Morgan fingerprint density at radius 1 is 0.489 bits per heavy atom. The normalized spacial score (nSPS) is 12.9. The molecule has 0 amide bonds. The zero-order chi connectivity index (χ0) is 32.9. The minimum Gasteiger partial charge on any atom is -0.463 e. The monoisotopic (exact) mass is 629 g/mol. The number of unbranched alkanes of at least 4 members (excludes halogenated alkanes) is 14. The van der Waals surface area contributed by atoms with Gasteiger partial charge in [0.05, 0.1) is 0 Å². The van der Waals surface area contributed by atoms with Crippen LogP contribution in [-0.4, -0.2) is 36.4 Å². The summed E-state index contributed by atoms with van der Waals surface area (Å²) in [5, 5.41) is 9.99. The third-order valence-electron chi connectivity index (χ3n) is 7.49. The minimum atomic E-state index is -0.978. The molecule has 0 heterocycles. The van der Waals surface area contributed by atoms with Crippen molar-refractivity contribution in [3.05, 3.63) is 60.8 Å². The highest BCUT2D eigenvalue weighted by Gasteiger charge is 2.12. The molecule has 0 saturated carbocycles. The Balaban J connectivity index is 3.52. The van der Waals surface area contributed by atoms with Gasteiger partial charge in [0.25, 0.3) is 0 Å². The first-order chi connectivity index (χ1) is 22.1. The maximum absolute atomic E-state index is 11.9. The van der Waals surface area contributed by atoms with Crippen molar-refractivity contribution in [1.29, 1.82) is 0 Å². The molecule has 1 N–H and O–H groups in total. The second kappa shape index (κ2) is 36.1. The molecule has 0 unspecified atom stereocenters. The predicted molar refractivity (Wildman–Crippen MR) is 191 cm³/mol. The number of aliphatic hydroxyl groups excluding tert-OH is 1. The van der Waals surface area contributed by atoms with E-state index in [0.29, 0.717) is 12.8 Å². The summed E-state index contributed by atoms with van der Waals surface area (Å²) in [5.41, 5.74) is 0. The summed E-state index contributed by atoms with van der Waals surface area (Å²) >= 11 is 0. The van der Waals surface area contributed by atoms with Gasteiger partial charge in [-0.1, -0.05) is 132 Å². The molecule has 0 aliphatic carbocycles. The van der Waals surface area contributed by atoms with Crippen LogP contribution in [0.15, 0.2) is 60.8 Å². The van der Waals surface area contributed by atoms with Crippen LogP contribution in [0, 0.1) is 0 Å². The van der Waals surface area contributed by atoms with Crippen LogP contribution in [0.5, 0.6) is 0 Å². The summed E-state index contributed by atoms with van der Waals surface area (Å²) in [6.07, 6.45) is 45.5. The zero-order valence-electron chi connectivity index (χ0n) is 29.1. The molecule has 0 aromatic heterocycles. The van der Waals surface area contributed by atoms with E-state index in [2.05, 4.69) is 74.6 Å².